The summed E-state index contributed by atoms with van der Waals surface area (Å²) in [5, 5.41) is 0. The molecule has 27 heavy (non-hydrogen) atoms. The Bertz CT molecular complexity index is 677. The van der Waals surface area contributed by atoms with Crippen molar-refractivity contribution in [3.05, 3.63) is 65.7 Å². The van der Waals surface area contributed by atoms with Crippen molar-refractivity contribution in [3.8, 4) is 5.75 Å². The van der Waals surface area contributed by atoms with E-state index < -0.39 is 0 Å². The molecule has 0 aliphatic carbocycles. The SMILES string of the molecule is COc1ccc(C(=O)CC(CC(C)OCCC(C)C)c2ccccc2)cc1. The van der Waals surface area contributed by atoms with Gasteiger partial charge in [-0.2, -0.15) is 0 Å². The standard InChI is InChI=1S/C24H32O3/c1-18(2)14-15-27-19(3)16-22(20-8-6-5-7-9-20)17-24(25)21-10-12-23(26-4)13-11-21/h5-13,18-19,22H,14-17H2,1-4H3. The Kier molecular flexibility index (Phi) is 8.53. The summed E-state index contributed by atoms with van der Waals surface area (Å²) in [6.45, 7) is 7.28. The number of Topliss-reactive ketones (excluding diaryl/α,β-unsaturated/α-hetero) is 1. The van der Waals surface area contributed by atoms with Gasteiger partial charge in [-0.3, -0.25) is 4.79 Å². The van der Waals surface area contributed by atoms with E-state index in [1.165, 1.54) is 5.56 Å². The molecular weight excluding hydrogens is 336 g/mol. The second-order valence-corrected chi connectivity index (χ2v) is 7.56. The van der Waals surface area contributed by atoms with E-state index in [0.29, 0.717) is 12.3 Å². The minimum Gasteiger partial charge on any atom is -0.497 e. The molecule has 0 N–H and O–H groups in total. The number of carbonyl (C=O) groups excluding carboxylic acids is 1. The molecule has 3 nitrogen and oxygen atoms in total. The monoisotopic (exact) mass is 368 g/mol. The van der Waals surface area contributed by atoms with Crippen LogP contribution in [0.3, 0.4) is 0 Å². The first-order valence-electron chi connectivity index (χ1n) is 9.83. The zero-order chi connectivity index (χ0) is 19.6. The van der Waals surface area contributed by atoms with Gasteiger partial charge in [0, 0.05) is 18.6 Å². The highest BCUT2D eigenvalue weighted by molar-refractivity contribution is 5.96. The summed E-state index contributed by atoms with van der Waals surface area (Å²) in [5.74, 6) is 1.70. The first-order chi connectivity index (χ1) is 13.0. The lowest BCUT2D eigenvalue weighted by Crippen LogP contribution is -2.17. The lowest BCUT2D eigenvalue weighted by Gasteiger charge is -2.22. The van der Waals surface area contributed by atoms with Gasteiger partial charge in [0.2, 0.25) is 0 Å². The van der Waals surface area contributed by atoms with Crippen LogP contribution in [0.25, 0.3) is 0 Å². The maximum atomic E-state index is 12.8. The molecule has 0 heterocycles. The van der Waals surface area contributed by atoms with Crippen LogP contribution in [-0.2, 0) is 4.74 Å². The summed E-state index contributed by atoms with van der Waals surface area (Å²) in [7, 11) is 1.63. The quantitative estimate of drug-likeness (QED) is 0.464. The Morgan fingerprint density at radius 2 is 1.63 bits per heavy atom. The number of ether oxygens (including phenoxy) is 2. The molecule has 0 amide bonds. The van der Waals surface area contributed by atoms with Crippen molar-refractivity contribution in [2.75, 3.05) is 13.7 Å². The number of methoxy groups -OCH3 is 1. The number of benzene rings is 2. The normalized spacial score (nSPS) is 13.4. The van der Waals surface area contributed by atoms with E-state index in [-0.39, 0.29) is 17.8 Å². The second-order valence-electron chi connectivity index (χ2n) is 7.56. The lowest BCUT2D eigenvalue weighted by molar-refractivity contribution is 0.0477. The van der Waals surface area contributed by atoms with Gasteiger partial charge in [-0.25, -0.2) is 0 Å². The highest BCUT2D eigenvalue weighted by Gasteiger charge is 2.20. The fourth-order valence-corrected chi connectivity index (χ4v) is 3.15. The fourth-order valence-electron chi connectivity index (χ4n) is 3.15. The summed E-state index contributed by atoms with van der Waals surface area (Å²) in [4.78, 5) is 12.8. The first-order valence-corrected chi connectivity index (χ1v) is 9.83. The molecule has 0 spiro atoms. The number of rotatable bonds is 11. The predicted octanol–water partition coefficient (Wildman–Crippen LogP) is 5.89. The molecule has 2 unspecified atom stereocenters. The van der Waals surface area contributed by atoms with Crippen molar-refractivity contribution in [2.45, 2.75) is 52.1 Å². The van der Waals surface area contributed by atoms with E-state index in [1.54, 1.807) is 7.11 Å². The molecule has 0 aliphatic rings. The Hall–Kier alpha value is -2.13. The van der Waals surface area contributed by atoms with Gasteiger partial charge in [-0.15, -0.1) is 0 Å². The van der Waals surface area contributed by atoms with Crippen LogP contribution < -0.4 is 4.74 Å². The summed E-state index contributed by atoms with van der Waals surface area (Å²) in [6, 6.07) is 17.6. The molecule has 0 aliphatic heterocycles. The topological polar surface area (TPSA) is 35.5 Å². The Labute approximate surface area is 163 Å². The zero-order valence-electron chi connectivity index (χ0n) is 17.0. The van der Waals surface area contributed by atoms with Crippen LogP contribution in [0.15, 0.2) is 54.6 Å². The van der Waals surface area contributed by atoms with Gasteiger partial charge in [0.05, 0.1) is 13.2 Å². The van der Waals surface area contributed by atoms with Gasteiger partial charge in [0.25, 0.3) is 0 Å². The van der Waals surface area contributed by atoms with Gasteiger partial charge in [-0.05, 0) is 61.4 Å². The highest BCUT2D eigenvalue weighted by atomic mass is 16.5. The molecule has 0 radical (unpaired) electrons. The molecule has 2 rings (SSSR count). The number of hydrogen-bond donors (Lipinski definition) is 0. The van der Waals surface area contributed by atoms with Gasteiger partial charge >= 0.3 is 0 Å². The molecule has 0 fully saturated rings. The molecule has 3 heteroatoms. The molecule has 2 atom stereocenters. The smallest absolute Gasteiger partial charge is 0.163 e. The van der Waals surface area contributed by atoms with Crippen LogP contribution in [0.4, 0.5) is 0 Å². The van der Waals surface area contributed by atoms with Gasteiger partial charge in [0.15, 0.2) is 5.78 Å². The van der Waals surface area contributed by atoms with Crippen molar-refractivity contribution in [2.24, 2.45) is 5.92 Å². The maximum absolute atomic E-state index is 12.8. The number of hydrogen-bond acceptors (Lipinski definition) is 3. The van der Waals surface area contributed by atoms with Crippen LogP contribution in [0.1, 0.15) is 61.9 Å². The van der Waals surface area contributed by atoms with Gasteiger partial charge < -0.3 is 9.47 Å². The Balaban J connectivity index is 2.04. The average Bonchev–Trinajstić information content (AvgIpc) is 2.68. The third kappa shape index (κ3) is 7.18. The van der Waals surface area contributed by atoms with E-state index in [4.69, 9.17) is 9.47 Å². The minimum atomic E-state index is 0.123. The maximum Gasteiger partial charge on any atom is 0.163 e. The highest BCUT2D eigenvalue weighted by Crippen LogP contribution is 2.28. The Morgan fingerprint density at radius 3 is 2.22 bits per heavy atom. The third-order valence-corrected chi connectivity index (χ3v) is 4.83. The van der Waals surface area contributed by atoms with Crippen molar-refractivity contribution < 1.29 is 14.3 Å². The summed E-state index contributed by atoms with van der Waals surface area (Å²) < 4.78 is 11.2. The van der Waals surface area contributed by atoms with Gasteiger partial charge in [0.1, 0.15) is 5.75 Å². The molecule has 0 bridgehead atoms. The van der Waals surface area contributed by atoms with E-state index in [9.17, 15) is 4.79 Å². The van der Waals surface area contributed by atoms with Crippen molar-refractivity contribution >= 4 is 5.78 Å². The molecule has 146 valence electrons. The van der Waals surface area contributed by atoms with Crippen LogP contribution in [0.5, 0.6) is 5.75 Å². The Morgan fingerprint density at radius 1 is 0.963 bits per heavy atom. The lowest BCUT2D eigenvalue weighted by atomic mass is 9.87. The number of ketones is 1. The zero-order valence-corrected chi connectivity index (χ0v) is 17.0. The summed E-state index contributed by atoms with van der Waals surface area (Å²) >= 11 is 0. The predicted molar refractivity (Wildman–Crippen MR) is 111 cm³/mol. The molecular formula is C24H32O3. The molecule has 0 aromatic heterocycles. The van der Waals surface area contributed by atoms with Gasteiger partial charge in [-0.1, -0.05) is 44.2 Å². The van der Waals surface area contributed by atoms with Crippen molar-refractivity contribution in [3.63, 3.8) is 0 Å². The molecule has 2 aromatic rings. The molecule has 2 aromatic carbocycles. The van der Waals surface area contributed by atoms with E-state index >= 15 is 0 Å². The van der Waals surface area contributed by atoms with Crippen LogP contribution in [0, 0.1) is 5.92 Å². The van der Waals surface area contributed by atoms with E-state index in [0.717, 1.165) is 30.8 Å². The van der Waals surface area contributed by atoms with Crippen LogP contribution in [0.2, 0.25) is 0 Å². The third-order valence-electron chi connectivity index (χ3n) is 4.83. The van der Waals surface area contributed by atoms with Crippen LogP contribution >= 0.6 is 0 Å². The van der Waals surface area contributed by atoms with E-state index in [1.807, 2.05) is 42.5 Å². The van der Waals surface area contributed by atoms with Crippen molar-refractivity contribution in [1.82, 2.24) is 0 Å². The fraction of sp³-hybridized carbons (Fsp3) is 0.458. The summed E-state index contributed by atoms with van der Waals surface area (Å²) in [5.41, 5.74) is 1.92. The van der Waals surface area contributed by atoms with Crippen molar-refractivity contribution in [1.29, 1.82) is 0 Å². The number of carbonyl (C=O) groups is 1. The minimum absolute atomic E-state index is 0.123. The van der Waals surface area contributed by atoms with E-state index in [2.05, 4.69) is 32.9 Å². The second kappa shape index (κ2) is 10.9. The largest absolute Gasteiger partial charge is 0.497 e. The molecule has 0 saturated carbocycles. The first kappa shape index (κ1) is 21.2. The van der Waals surface area contributed by atoms with Crippen LogP contribution in [-0.4, -0.2) is 25.6 Å². The molecule has 0 saturated heterocycles. The summed E-state index contributed by atoms with van der Waals surface area (Å²) in [6.07, 6.45) is 2.50. The average molecular weight is 369 g/mol.